The molecule has 0 aliphatic rings. The Labute approximate surface area is 93.3 Å². The van der Waals surface area contributed by atoms with Crippen LogP contribution >= 0.6 is 43.5 Å². The quantitative estimate of drug-likeness (QED) is 0.751. The van der Waals surface area contributed by atoms with Crippen LogP contribution in [0.4, 0.5) is 0 Å². The van der Waals surface area contributed by atoms with Crippen molar-refractivity contribution in [1.82, 2.24) is 0 Å². The summed E-state index contributed by atoms with van der Waals surface area (Å²) >= 11 is 12.5. The average molecular weight is 314 g/mol. The van der Waals surface area contributed by atoms with E-state index in [1.807, 2.05) is 12.1 Å². The number of methoxy groups -OCH3 is 1. The zero-order valence-corrected chi connectivity index (χ0v) is 10.3. The fourth-order valence-corrected chi connectivity index (χ4v) is 2.06. The van der Waals surface area contributed by atoms with Gasteiger partial charge in [0.2, 0.25) is 0 Å². The van der Waals surface area contributed by atoms with E-state index in [9.17, 15) is 0 Å². The van der Waals surface area contributed by atoms with Crippen LogP contribution in [-0.4, -0.2) is 7.11 Å². The van der Waals surface area contributed by atoms with Gasteiger partial charge in [-0.1, -0.05) is 0 Å². The highest BCUT2D eigenvalue weighted by Gasteiger charge is 2.05. The predicted molar refractivity (Wildman–Crippen MR) is 58.0 cm³/mol. The molecule has 0 fully saturated rings. The summed E-state index contributed by atoms with van der Waals surface area (Å²) in [6.07, 6.45) is 0. The molecule has 12 heavy (non-hydrogen) atoms. The van der Waals surface area contributed by atoms with Crippen molar-refractivity contribution in [2.24, 2.45) is 0 Å². The molecule has 1 aromatic carbocycles. The summed E-state index contributed by atoms with van der Waals surface area (Å²) in [4.78, 5) is 0. The number of ether oxygens (including phenoxy) is 1. The molecule has 1 aromatic rings. The SMILES string of the molecule is COc1cc(Br)c(Br)c(CCl)c1. The van der Waals surface area contributed by atoms with Gasteiger partial charge in [0.15, 0.2) is 0 Å². The summed E-state index contributed by atoms with van der Waals surface area (Å²) in [5, 5.41) is 0. The van der Waals surface area contributed by atoms with Gasteiger partial charge in [0.1, 0.15) is 5.75 Å². The van der Waals surface area contributed by atoms with E-state index in [0.717, 1.165) is 20.3 Å². The van der Waals surface area contributed by atoms with Gasteiger partial charge in [-0.05, 0) is 49.6 Å². The zero-order valence-electron chi connectivity index (χ0n) is 6.40. The number of rotatable bonds is 2. The Hall–Kier alpha value is 0.270. The highest BCUT2D eigenvalue weighted by molar-refractivity contribution is 9.13. The van der Waals surface area contributed by atoms with Crippen molar-refractivity contribution in [2.45, 2.75) is 5.88 Å². The van der Waals surface area contributed by atoms with Gasteiger partial charge in [0, 0.05) is 14.8 Å². The lowest BCUT2D eigenvalue weighted by atomic mass is 10.2. The van der Waals surface area contributed by atoms with Crippen LogP contribution < -0.4 is 4.74 Å². The van der Waals surface area contributed by atoms with Crippen LogP contribution in [0.25, 0.3) is 0 Å². The third-order valence-corrected chi connectivity index (χ3v) is 3.84. The third kappa shape index (κ3) is 2.15. The number of hydrogen-bond acceptors (Lipinski definition) is 1. The molecule has 1 nitrogen and oxygen atoms in total. The van der Waals surface area contributed by atoms with E-state index in [1.54, 1.807) is 7.11 Å². The Morgan fingerprint density at radius 3 is 2.58 bits per heavy atom. The standard InChI is InChI=1S/C8H7Br2ClO/c1-12-6-2-5(4-11)8(10)7(9)3-6/h2-3H,4H2,1H3. The molecule has 0 amide bonds. The van der Waals surface area contributed by atoms with Crippen molar-refractivity contribution in [3.63, 3.8) is 0 Å². The highest BCUT2D eigenvalue weighted by atomic mass is 79.9. The van der Waals surface area contributed by atoms with Crippen LogP contribution in [-0.2, 0) is 5.88 Å². The smallest absolute Gasteiger partial charge is 0.120 e. The minimum absolute atomic E-state index is 0.469. The Bertz CT molecular complexity index is 289. The molecular weight excluding hydrogens is 307 g/mol. The van der Waals surface area contributed by atoms with Crippen molar-refractivity contribution >= 4 is 43.5 Å². The molecule has 0 aliphatic heterocycles. The molecule has 0 aliphatic carbocycles. The van der Waals surface area contributed by atoms with Crippen LogP contribution in [0.5, 0.6) is 5.75 Å². The Morgan fingerprint density at radius 1 is 1.42 bits per heavy atom. The third-order valence-electron chi connectivity index (χ3n) is 1.46. The molecule has 0 aromatic heterocycles. The van der Waals surface area contributed by atoms with Gasteiger partial charge in [-0.25, -0.2) is 0 Å². The molecule has 0 bridgehead atoms. The molecule has 0 saturated heterocycles. The molecule has 66 valence electrons. The Balaban J connectivity index is 3.19. The van der Waals surface area contributed by atoms with Crippen molar-refractivity contribution in [3.05, 3.63) is 26.6 Å². The molecule has 0 N–H and O–H groups in total. The van der Waals surface area contributed by atoms with Crippen molar-refractivity contribution in [2.75, 3.05) is 7.11 Å². The lowest BCUT2D eigenvalue weighted by Crippen LogP contribution is -1.87. The summed E-state index contributed by atoms with van der Waals surface area (Å²) in [6.45, 7) is 0. The topological polar surface area (TPSA) is 9.23 Å². The normalized spacial score (nSPS) is 10.0. The summed E-state index contributed by atoms with van der Waals surface area (Å²) in [7, 11) is 1.63. The molecule has 0 saturated carbocycles. The van der Waals surface area contributed by atoms with Crippen LogP contribution in [0.2, 0.25) is 0 Å². The van der Waals surface area contributed by atoms with Gasteiger partial charge in [0.25, 0.3) is 0 Å². The summed E-state index contributed by atoms with van der Waals surface area (Å²) in [5.41, 5.74) is 1.02. The molecule has 0 spiro atoms. The van der Waals surface area contributed by atoms with Crippen molar-refractivity contribution in [3.8, 4) is 5.75 Å². The maximum atomic E-state index is 5.73. The predicted octanol–water partition coefficient (Wildman–Crippen LogP) is 3.96. The van der Waals surface area contributed by atoms with E-state index in [4.69, 9.17) is 16.3 Å². The summed E-state index contributed by atoms with van der Waals surface area (Å²) < 4.78 is 7.02. The van der Waals surface area contributed by atoms with Crippen LogP contribution in [0.3, 0.4) is 0 Å². The number of alkyl halides is 1. The minimum atomic E-state index is 0.469. The molecular formula is C8H7Br2ClO. The molecule has 1 rings (SSSR count). The van der Waals surface area contributed by atoms with Crippen molar-refractivity contribution < 1.29 is 4.74 Å². The number of hydrogen-bond donors (Lipinski definition) is 0. The first-order valence-electron chi connectivity index (χ1n) is 3.27. The van der Waals surface area contributed by atoms with E-state index in [1.165, 1.54) is 0 Å². The first-order valence-corrected chi connectivity index (χ1v) is 5.39. The first-order chi connectivity index (χ1) is 5.69. The second kappa shape index (κ2) is 4.49. The number of benzene rings is 1. The van der Waals surface area contributed by atoms with Gasteiger partial charge in [-0.2, -0.15) is 0 Å². The van der Waals surface area contributed by atoms with Gasteiger partial charge in [-0.15, -0.1) is 11.6 Å². The monoisotopic (exact) mass is 312 g/mol. The minimum Gasteiger partial charge on any atom is -0.497 e. The fraction of sp³-hybridized carbons (Fsp3) is 0.250. The number of halogens is 3. The van der Waals surface area contributed by atoms with E-state index in [2.05, 4.69) is 31.9 Å². The lowest BCUT2D eigenvalue weighted by molar-refractivity contribution is 0.414. The van der Waals surface area contributed by atoms with Gasteiger partial charge in [-0.3, -0.25) is 0 Å². The molecule has 0 atom stereocenters. The average Bonchev–Trinajstić information content (AvgIpc) is 2.09. The second-order valence-electron chi connectivity index (χ2n) is 2.22. The first kappa shape index (κ1) is 10.4. The van der Waals surface area contributed by atoms with E-state index in [0.29, 0.717) is 5.88 Å². The van der Waals surface area contributed by atoms with E-state index >= 15 is 0 Å². The molecule has 0 unspecified atom stereocenters. The summed E-state index contributed by atoms with van der Waals surface area (Å²) in [6, 6.07) is 3.79. The van der Waals surface area contributed by atoms with E-state index in [-0.39, 0.29) is 0 Å². The second-order valence-corrected chi connectivity index (χ2v) is 4.13. The van der Waals surface area contributed by atoms with Gasteiger partial charge >= 0.3 is 0 Å². The van der Waals surface area contributed by atoms with Crippen LogP contribution in [0.1, 0.15) is 5.56 Å². The van der Waals surface area contributed by atoms with Gasteiger partial charge < -0.3 is 4.74 Å². The zero-order chi connectivity index (χ0) is 9.14. The van der Waals surface area contributed by atoms with Crippen LogP contribution in [0, 0.1) is 0 Å². The van der Waals surface area contributed by atoms with Crippen molar-refractivity contribution in [1.29, 1.82) is 0 Å². The summed E-state index contributed by atoms with van der Waals surface area (Å²) in [5.74, 6) is 1.27. The Kier molecular flexibility index (Phi) is 3.87. The largest absolute Gasteiger partial charge is 0.497 e. The van der Waals surface area contributed by atoms with Crippen LogP contribution in [0.15, 0.2) is 21.1 Å². The Morgan fingerprint density at radius 2 is 2.08 bits per heavy atom. The molecule has 0 heterocycles. The molecule has 4 heteroatoms. The fourth-order valence-electron chi connectivity index (χ4n) is 0.833. The van der Waals surface area contributed by atoms with E-state index < -0.39 is 0 Å². The highest BCUT2D eigenvalue weighted by Crippen LogP contribution is 2.32. The van der Waals surface area contributed by atoms with Gasteiger partial charge in [0.05, 0.1) is 7.11 Å². The molecule has 0 radical (unpaired) electrons. The maximum absolute atomic E-state index is 5.73. The lowest BCUT2D eigenvalue weighted by Gasteiger charge is -2.06. The maximum Gasteiger partial charge on any atom is 0.120 e.